The average Bonchev–Trinajstić information content (AvgIpc) is 3.68. The molecular weight excluding hydrogens is 544 g/mol. The molecule has 1 unspecified atom stereocenters. The van der Waals surface area contributed by atoms with Gasteiger partial charge in [0.15, 0.2) is 17.6 Å². The molecule has 2 saturated heterocycles. The van der Waals surface area contributed by atoms with Gasteiger partial charge in [0.25, 0.3) is 0 Å². The molecule has 3 aliphatic rings. The normalized spacial score (nSPS) is 20.7. The van der Waals surface area contributed by atoms with Crippen molar-refractivity contribution in [3.8, 4) is 17.6 Å². The van der Waals surface area contributed by atoms with Crippen LogP contribution in [0, 0.1) is 17.2 Å². The maximum atomic E-state index is 11.7. The number of hydrogen-bond donors (Lipinski definition) is 1. The van der Waals surface area contributed by atoms with E-state index in [2.05, 4.69) is 21.6 Å². The van der Waals surface area contributed by atoms with Crippen molar-refractivity contribution < 1.29 is 24.1 Å². The van der Waals surface area contributed by atoms with Crippen LogP contribution in [0.2, 0.25) is 0 Å². The number of rotatable bonds is 7. The van der Waals surface area contributed by atoms with Gasteiger partial charge in [-0.1, -0.05) is 24.3 Å². The Bertz CT molecular complexity index is 1680. The number of aromatic carboxylic acids is 1. The van der Waals surface area contributed by atoms with Gasteiger partial charge in [0.1, 0.15) is 12.4 Å². The summed E-state index contributed by atoms with van der Waals surface area (Å²) >= 11 is 0. The Labute approximate surface area is 250 Å². The number of para-hydroxylation sites is 1. The smallest absolute Gasteiger partial charge is 0.335 e. The van der Waals surface area contributed by atoms with E-state index in [4.69, 9.17) is 24.5 Å². The lowest BCUT2D eigenvalue weighted by Gasteiger charge is -2.34. The number of ether oxygens (including phenoxy) is 3. The van der Waals surface area contributed by atoms with E-state index in [1.165, 1.54) is 5.56 Å². The largest absolute Gasteiger partial charge is 0.485 e. The summed E-state index contributed by atoms with van der Waals surface area (Å²) < 4.78 is 20.5. The standard InChI is InChI=1S/C34H34N4O5/c35-17-22-4-6-25(7-5-22)31-21-42-33-27(2-1-3-30(33)43-31)24-10-13-37(14-11-24)19-32-36-28-9-8-26(34(39)40)16-29(28)38(32)18-23-12-15-41-20-23/h1-9,16,23-24,31H,10-15,18-21H2,(H,39,40)/t23?,31-/m0/s1. The molecule has 0 spiro atoms. The Balaban J connectivity index is 1.05. The van der Waals surface area contributed by atoms with E-state index in [9.17, 15) is 9.90 Å². The molecule has 1 N–H and O–H groups in total. The lowest BCUT2D eigenvalue weighted by Crippen LogP contribution is -2.34. The molecule has 7 rings (SSSR count). The molecule has 43 heavy (non-hydrogen) atoms. The molecule has 0 radical (unpaired) electrons. The van der Waals surface area contributed by atoms with Crippen molar-refractivity contribution in [1.29, 1.82) is 5.26 Å². The lowest BCUT2D eigenvalue weighted by atomic mass is 9.88. The highest BCUT2D eigenvalue weighted by Gasteiger charge is 2.30. The topological polar surface area (TPSA) is 110 Å². The molecule has 0 aliphatic carbocycles. The molecule has 4 aromatic rings. The van der Waals surface area contributed by atoms with Gasteiger partial charge in [-0.25, -0.2) is 9.78 Å². The monoisotopic (exact) mass is 578 g/mol. The van der Waals surface area contributed by atoms with E-state index in [0.29, 0.717) is 24.0 Å². The molecule has 3 aromatic carbocycles. The average molecular weight is 579 g/mol. The summed E-state index contributed by atoms with van der Waals surface area (Å²) in [6.07, 6.45) is 2.79. The van der Waals surface area contributed by atoms with E-state index in [1.54, 1.807) is 12.1 Å². The van der Waals surface area contributed by atoms with E-state index < -0.39 is 5.97 Å². The van der Waals surface area contributed by atoms with Crippen LogP contribution in [-0.4, -0.2) is 58.4 Å². The zero-order chi connectivity index (χ0) is 29.3. The highest BCUT2D eigenvalue weighted by Crippen LogP contribution is 2.44. The van der Waals surface area contributed by atoms with Gasteiger partial charge < -0.3 is 23.9 Å². The number of aromatic nitrogens is 2. The Morgan fingerprint density at radius 1 is 1.05 bits per heavy atom. The number of fused-ring (bicyclic) bond motifs is 2. The Morgan fingerprint density at radius 2 is 1.88 bits per heavy atom. The van der Waals surface area contributed by atoms with Crippen molar-refractivity contribution in [3.63, 3.8) is 0 Å². The van der Waals surface area contributed by atoms with Gasteiger partial charge in [-0.2, -0.15) is 5.26 Å². The van der Waals surface area contributed by atoms with Crippen molar-refractivity contribution in [3.05, 3.63) is 88.7 Å². The molecule has 1 aromatic heterocycles. The highest BCUT2D eigenvalue weighted by atomic mass is 16.6. The molecule has 3 aliphatic heterocycles. The second-order valence-corrected chi connectivity index (χ2v) is 11.8. The first-order valence-corrected chi connectivity index (χ1v) is 15.0. The summed E-state index contributed by atoms with van der Waals surface area (Å²) in [6.45, 7) is 5.29. The van der Waals surface area contributed by atoms with Crippen molar-refractivity contribution in [2.75, 3.05) is 32.9 Å². The third-order valence-electron chi connectivity index (χ3n) is 9.00. The van der Waals surface area contributed by atoms with Gasteiger partial charge in [-0.05, 0) is 80.2 Å². The number of benzene rings is 3. The van der Waals surface area contributed by atoms with E-state index in [-0.39, 0.29) is 11.7 Å². The van der Waals surface area contributed by atoms with Crippen LogP contribution in [-0.2, 0) is 17.8 Å². The van der Waals surface area contributed by atoms with Crippen LogP contribution >= 0.6 is 0 Å². The van der Waals surface area contributed by atoms with Crippen LogP contribution in [0.5, 0.6) is 11.5 Å². The molecular formula is C34H34N4O5. The molecule has 0 amide bonds. The van der Waals surface area contributed by atoms with Gasteiger partial charge in [0.05, 0.1) is 41.4 Å². The number of hydrogen-bond acceptors (Lipinski definition) is 7. The first-order valence-electron chi connectivity index (χ1n) is 15.0. The Hall–Kier alpha value is -4.39. The number of imidazole rings is 1. The number of likely N-dealkylation sites (tertiary alicyclic amines) is 1. The summed E-state index contributed by atoms with van der Waals surface area (Å²) in [5, 5.41) is 18.7. The first kappa shape index (κ1) is 27.4. The SMILES string of the molecule is N#Cc1ccc([C@@H]2COc3c(cccc3C3CCN(Cc4nc5ccc(C(=O)O)cc5n4CC4CCOC4)CC3)O2)cc1. The minimum absolute atomic E-state index is 0.209. The maximum Gasteiger partial charge on any atom is 0.335 e. The number of nitrogens with zero attached hydrogens (tertiary/aromatic N) is 4. The first-order chi connectivity index (χ1) is 21.1. The van der Waals surface area contributed by atoms with E-state index in [1.807, 2.05) is 42.5 Å². The number of carbonyl (C=O) groups is 1. The maximum absolute atomic E-state index is 11.7. The van der Waals surface area contributed by atoms with Gasteiger partial charge in [-0.3, -0.25) is 4.90 Å². The molecule has 220 valence electrons. The molecule has 0 saturated carbocycles. The van der Waals surface area contributed by atoms with Crippen LogP contribution in [0.1, 0.15) is 64.2 Å². The van der Waals surface area contributed by atoms with Gasteiger partial charge in [-0.15, -0.1) is 0 Å². The van der Waals surface area contributed by atoms with Crippen LogP contribution < -0.4 is 9.47 Å². The van der Waals surface area contributed by atoms with Crippen LogP contribution in [0.3, 0.4) is 0 Å². The number of carboxylic acid groups (broad SMARTS) is 1. The highest BCUT2D eigenvalue weighted by molar-refractivity contribution is 5.92. The molecule has 9 heteroatoms. The van der Waals surface area contributed by atoms with Crippen molar-refractivity contribution in [2.45, 2.75) is 44.4 Å². The zero-order valence-corrected chi connectivity index (χ0v) is 23.9. The third kappa shape index (κ3) is 5.56. The second kappa shape index (κ2) is 11.7. The van der Waals surface area contributed by atoms with Crippen molar-refractivity contribution in [1.82, 2.24) is 14.5 Å². The van der Waals surface area contributed by atoms with Crippen molar-refractivity contribution >= 4 is 17.0 Å². The fourth-order valence-electron chi connectivity index (χ4n) is 6.60. The summed E-state index contributed by atoms with van der Waals surface area (Å²) in [5.41, 5.74) is 4.82. The molecule has 0 bridgehead atoms. The predicted molar refractivity (Wildman–Crippen MR) is 159 cm³/mol. The minimum Gasteiger partial charge on any atom is -0.485 e. The summed E-state index contributed by atoms with van der Waals surface area (Å²) in [7, 11) is 0. The fraction of sp³-hybridized carbons (Fsp3) is 0.382. The predicted octanol–water partition coefficient (Wildman–Crippen LogP) is 5.53. The van der Waals surface area contributed by atoms with Crippen LogP contribution in [0.4, 0.5) is 0 Å². The van der Waals surface area contributed by atoms with Gasteiger partial charge >= 0.3 is 5.97 Å². The molecule has 4 heterocycles. The number of piperidine rings is 1. The third-order valence-corrected chi connectivity index (χ3v) is 9.00. The summed E-state index contributed by atoms with van der Waals surface area (Å²) in [5.74, 6) is 2.44. The summed E-state index contributed by atoms with van der Waals surface area (Å²) in [6, 6.07) is 21.0. The number of nitriles is 1. The van der Waals surface area contributed by atoms with Gasteiger partial charge in [0, 0.05) is 24.6 Å². The molecule has 2 fully saturated rings. The minimum atomic E-state index is -0.926. The lowest BCUT2D eigenvalue weighted by molar-refractivity contribution is 0.0697. The van der Waals surface area contributed by atoms with E-state index in [0.717, 1.165) is 92.6 Å². The Morgan fingerprint density at radius 3 is 2.63 bits per heavy atom. The van der Waals surface area contributed by atoms with E-state index >= 15 is 0 Å². The Kier molecular flexibility index (Phi) is 7.47. The molecule has 2 atom stereocenters. The van der Waals surface area contributed by atoms with Gasteiger partial charge in [0.2, 0.25) is 0 Å². The fourth-order valence-corrected chi connectivity index (χ4v) is 6.60. The van der Waals surface area contributed by atoms with Crippen LogP contribution in [0.15, 0.2) is 60.7 Å². The zero-order valence-electron chi connectivity index (χ0n) is 23.9. The van der Waals surface area contributed by atoms with Crippen LogP contribution in [0.25, 0.3) is 11.0 Å². The van der Waals surface area contributed by atoms with Crippen molar-refractivity contribution in [2.24, 2.45) is 5.92 Å². The quantitative estimate of drug-likeness (QED) is 0.305. The number of carboxylic acids is 1. The second-order valence-electron chi connectivity index (χ2n) is 11.8. The molecule has 9 nitrogen and oxygen atoms in total. The summed E-state index contributed by atoms with van der Waals surface area (Å²) in [4.78, 5) is 19.1.